The van der Waals surface area contributed by atoms with Crippen LogP contribution >= 0.6 is 11.8 Å². The van der Waals surface area contributed by atoms with E-state index in [0.29, 0.717) is 5.75 Å². The minimum Gasteiger partial charge on any atom is -0.480 e. The van der Waals surface area contributed by atoms with E-state index in [1.54, 1.807) is 12.3 Å². The van der Waals surface area contributed by atoms with Crippen LogP contribution in [0.15, 0.2) is 11.1 Å². The molecule has 0 aromatic carbocycles. The molecule has 0 saturated carbocycles. The summed E-state index contributed by atoms with van der Waals surface area (Å²) in [6.45, 7) is 1.98. The Kier molecular flexibility index (Phi) is 3.82. The standard InChI is InChI=1S/C8H11NO4S/c1-2-13-8(12)6-4-14-3-5(9-6)7(10)11/h4-5,9H,2-3H2,1H3,(H,10,11). The zero-order valence-corrected chi connectivity index (χ0v) is 8.47. The topological polar surface area (TPSA) is 75.6 Å². The number of carboxylic acid groups (broad SMARTS) is 1. The highest BCUT2D eigenvalue weighted by molar-refractivity contribution is 8.02. The van der Waals surface area contributed by atoms with Crippen LogP contribution in [0.2, 0.25) is 0 Å². The summed E-state index contributed by atoms with van der Waals surface area (Å²) in [6.07, 6.45) is 0. The summed E-state index contributed by atoms with van der Waals surface area (Å²) in [7, 11) is 0. The van der Waals surface area contributed by atoms with Crippen LogP contribution in [0.5, 0.6) is 0 Å². The van der Waals surface area contributed by atoms with Gasteiger partial charge in [-0.1, -0.05) is 0 Å². The van der Waals surface area contributed by atoms with E-state index in [2.05, 4.69) is 5.32 Å². The lowest BCUT2D eigenvalue weighted by Gasteiger charge is -2.20. The van der Waals surface area contributed by atoms with Crippen molar-refractivity contribution in [3.05, 3.63) is 11.1 Å². The maximum atomic E-state index is 11.2. The van der Waals surface area contributed by atoms with E-state index in [1.165, 1.54) is 11.8 Å². The molecule has 0 aromatic rings. The minimum absolute atomic E-state index is 0.218. The number of esters is 1. The van der Waals surface area contributed by atoms with E-state index in [9.17, 15) is 9.59 Å². The zero-order chi connectivity index (χ0) is 10.6. The Morgan fingerprint density at radius 2 is 2.50 bits per heavy atom. The molecule has 0 amide bonds. The van der Waals surface area contributed by atoms with Crippen LogP contribution in [0, 0.1) is 0 Å². The Morgan fingerprint density at radius 3 is 3.07 bits per heavy atom. The fourth-order valence-corrected chi connectivity index (χ4v) is 1.79. The van der Waals surface area contributed by atoms with E-state index in [1.807, 2.05) is 0 Å². The molecule has 1 unspecified atom stereocenters. The summed E-state index contributed by atoms with van der Waals surface area (Å²) < 4.78 is 4.73. The van der Waals surface area contributed by atoms with Crippen LogP contribution in [0.25, 0.3) is 0 Å². The van der Waals surface area contributed by atoms with Gasteiger partial charge in [-0.05, 0) is 6.92 Å². The summed E-state index contributed by atoms with van der Waals surface area (Å²) >= 11 is 1.29. The molecule has 0 bridgehead atoms. The highest BCUT2D eigenvalue weighted by Gasteiger charge is 2.25. The molecule has 0 radical (unpaired) electrons. The van der Waals surface area contributed by atoms with Gasteiger partial charge in [0.05, 0.1) is 6.61 Å². The smallest absolute Gasteiger partial charge is 0.354 e. The summed E-state index contributed by atoms with van der Waals surface area (Å²) in [5.74, 6) is -1.06. The van der Waals surface area contributed by atoms with Gasteiger partial charge in [0, 0.05) is 11.2 Å². The second-order valence-electron chi connectivity index (χ2n) is 2.62. The third kappa shape index (κ3) is 2.66. The molecule has 14 heavy (non-hydrogen) atoms. The van der Waals surface area contributed by atoms with E-state index < -0.39 is 18.0 Å². The number of carbonyl (C=O) groups is 2. The number of carboxylic acids is 1. The second kappa shape index (κ2) is 4.90. The third-order valence-corrected chi connectivity index (χ3v) is 2.52. The van der Waals surface area contributed by atoms with Crippen molar-refractivity contribution in [2.45, 2.75) is 13.0 Å². The maximum Gasteiger partial charge on any atom is 0.354 e. The molecule has 78 valence electrons. The van der Waals surface area contributed by atoms with E-state index >= 15 is 0 Å². The molecule has 1 aliphatic rings. The van der Waals surface area contributed by atoms with Crippen molar-refractivity contribution >= 4 is 23.7 Å². The minimum atomic E-state index is -0.965. The maximum absolute atomic E-state index is 11.2. The van der Waals surface area contributed by atoms with E-state index in [-0.39, 0.29) is 12.3 Å². The summed E-state index contributed by atoms with van der Waals surface area (Å²) in [6, 6.07) is -0.718. The molecule has 2 N–H and O–H groups in total. The van der Waals surface area contributed by atoms with E-state index in [4.69, 9.17) is 9.84 Å². The molecule has 0 spiro atoms. The van der Waals surface area contributed by atoms with Gasteiger partial charge in [-0.3, -0.25) is 0 Å². The number of hydrogen-bond donors (Lipinski definition) is 2. The van der Waals surface area contributed by atoms with Crippen molar-refractivity contribution in [1.82, 2.24) is 5.32 Å². The van der Waals surface area contributed by atoms with Crippen LogP contribution in [0.4, 0.5) is 0 Å². The lowest BCUT2D eigenvalue weighted by molar-refractivity contribution is -0.140. The molecule has 5 nitrogen and oxygen atoms in total. The number of rotatable bonds is 3. The fraction of sp³-hybridized carbons (Fsp3) is 0.500. The number of carbonyl (C=O) groups excluding carboxylic acids is 1. The molecule has 0 saturated heterocycles. The lowest BCUT2D eigenvalue weighted by Crippen LogP contribution is -2.42. The quantitative estimate of drug-likeness (QED) is 0.657. The van der Waals surface area contributed by atoms with Gasteiger partial charge in [0.15, 0.2) is 0 Å². The molecule has 0 aromatic heterocycles. The van der Waals surface area contributed by atoms with Gasteiger partial charge in [0.2, 0.25) is 0 Å². The molecule has 1 aliphatic heterocycles. The number of aliphatic carboxylic acids is 1. The van der Waals surface area contributed by atoms with Crippen LogP contribution in [-0.4, -0.2) is 35.4 Å². The second-order valence-corrected chi connectivity index (χ2v) is 3.52. The predicted molar refractivity (Wildman–Crippen MR) is 51.7 cm³/mol. The first-order valence-corrected chi connectivity index (χ1v) is 5.18. The molecule has 1 atom stereocenters. The van der Waals surface area contributed by atoms with Gasteiger partial charge in [-0.15, -0.1) is 11.8 Å². The van der Waals surface area contributed by atoms with E-state index in [0.717, 1.165) is 0 Å². The van der Waals surface area contributed by atoms with Crippen molar-refractivity contribution in [2.75, 3.05) is 12.4 Å². The Hall–Kier alpha value is -1.17. The predicted octanol–water partition coefficient (Wildman–Crippen LogP) is 0.181. The van der Waals surface area contributed by atoms with Crippen molar-refractivity contribution in [3.8, 4) is 0 Å². The largest absolute Gasteiger partial charge is 0.480 e. The average molecular weight is 217 g/mol. The van der Waals surface area contributed by atoms with Gasteiger partial charge >= 0.3 is 11.9 Å². The van der Waals surface area contributed by atoms with Crippen molar-refractivity contribution in [1.29, 1.82) is 0 Å². The van der Waals surface area contributed by atoms with Crippen molar-refractivity contribution < 1.29 is 19.4 Å². The average Bonchev–Trinajstić information content (AvgIpc) is 2.18. The molecule has 0 aliphatic carbocycles. The highest BCUT2D eigenvalue weighted by atomic mass is 32.2. The van der Waals surface area contributed by atoms with Crippen LogP contribution in [0.1, 0.15) is 6.92 Å². The number of thioether (sulfide) groups is 1. The molecule has 1 heterocycles. The Labute approximate surface area is 85.5 Å². The molecular weight excluding hydrogens is 206 g/mol. The molecule has 1 rings (SSSR count). The highest BCUT2D eigenvalue weighted by Crippen LogP contribution is 2.15. The number of nitrogens with one attached hydrogen (secondary N) is 1. The molecule has 0 fully saturated rings. The van der Waals surface area contributed by atoms with Gasteiger partial charge in [-0.2, -0.15) is 0 Å². The summed E-state index contributed by atoms with van der Waals surface area (Å²) in [5.41, 5.74) is 0.218. The van der Waals surface area contributed by atoms with Crippen LogP contribution < -0.4 is 5.32 Å². The monoisotopic (exact) mass is 217 g/mol. The molecular formula is C8H11NO4S. The SMILES string of the molecule is CCOC(=O)C1=CSCC(C(=O)O)N1. The Bertz CT molecular complexity index is 277. The van der Waals surface area contributed by atoms with Crippen LogP contribution in [0.3, 0.4) is 0 Å². The zero-order valence-electron chi connectivity index (χ0n) is 7.65. The third-order valence-electron chi connectivity index (χ3n) is 1.59. The number of ether oxygens (including phenoxy) is 1. The fourth-order valence-electron chi connectivity index (χ4n) is 0.940. The first-order chi connectivity index (χ1) is 6.65. The first-order valence-electron chi connectivity index (χ1n) is 4.13. The van der Waals surface area contributed by atoms with Crippen molar-refractivity contribution in [3.63, 3.8) is 0 Å². The van der Waals surface area contributed by atoms with Gasteiger partial charge in [0.1, 0.15) is 11.7 Å². The Morgan fingerprint density at radius 1 is 1.79 bits per heavy atom. The first kappa shape index (κ1) is 10.9. The summed E-state index contributed by atoms with van der Waals surface area (Å²) in [5, 5.41) is 12.9. The van der Waals surface area contributed by atoms with Crippen molar-refractivity contribution in [2.24, 2.45) is 0 Å². The normalized spacial score (nSPS) is 20.6. The van der Waals surface area contributed by atoms with Crippen LogP contribution in [-0.2, 0) is 14.3 Å². The van der Waals surface area contributed by atoms with Gasteiger partial charge < -0.3 is 15.2 Å². The molecule has 6 heteroatoms. The number of hydrogen-bond acceptors (Lipinski definition) is 5. The Balaban J connectivity index is 2.59. The lowest BCUT2D eigenvalue weighted by atomic mass is 10.3. The summed E-state index contributed by atoms with van der Waals surface area (Å²) in [4.78, 5) is 21.8. The van der Waals surface area contributed by atoms with Gasteiger partial charge in [-0.25, -0.2) is 9.59 Å². The van der Waals surface area contributed by atoms with Gasteiger partial charge in [0.25, 0.3) is 0 Å².